The molecular formula is C14H11NO3. The summed E-state index contributed by atoms with van der Waals surface area (Å²) in [6, 6.07) is 5.08. The van der Waals surface area contributed by atoms with Crippen LogP contribution in [0.1, 0.15) is 15.9 Å². The van der Waals surface area contributed by atoms with Crippen molar-refractivity contribution < 1.29 is 9.21 Å². The average molecular weight is 241 g/mol. The molecule has 1 aromatic heterocycles. The first-order valence-electron chi connectivity index (χ1n) is 5.40. The Morgan fingerprint density at radius 3 is 3.00 bits per heavy atom. The second-order valence-electron chi connectivity index (χ2n) is 3.68. The fourth-order valence-electron chi connectivity index (χ4n) is 1.54. The van der Waals surface area contributed by atoms with Gasteiger partial charge >= 0.3 is 0 Å². The molecule has 4 nitrogen and oxygen atoms in total. The number of rotatable bonds is 2. The number of benzene rings is 1. The maximum absolute atomic E-state index is 11.9. The Hall–Kier alpha value is -2.38. The molecule has 0 amide bonds. The van der Waals surface area contributed by atoms with Crippen LogP contribution >= 0.6 is 0 Å². The van der Waals surface area contributed by atoms with Crippen molar-refractivity contribution in [1.29, 1.82) is 0 Å². The molecular weight excluding hydrogens is 230 g/mol. The summed E-state index contributed by atoms with van der Waals surface area (Å²) >= 11 is 0. The first-order valence-corrected chi connectivity index (χ1v) is 5.40. The SMILES string of the molecule is CNCC#Cc1ccc2occ(C=O)c(=O)c2c1. The van der Waals surface area contributed by atoms with Crippen molar-refractivity contribution in [1.82, 2.24) is 5.32 Å². The van der Waals surface area contributed by atoms with Gasteiger partial charge in [-0.3, -0.25) is 9.59 Å². The zero-order chi connectivity index (χ0) is 13.0. The molecule has 0 spiro atoms. The van der Waals surface area contributed by atoms with Crippen LogP contribution < -0.4 is 10.7 Å². The Morgan fingerprint density at radius 2 is 2.28 bits per heavy atom. The van der Waals surface area contributed by atoms with E-state index < -0.39 is 0 Å². The second-order valence-corrected chi connectivity index (χ2v) is 3.68. The van der Waals surface area contributed by atoms with Crippen molar-refractivity contribution >= 4 is 17.3 Å². The normalized spacial score (nSPS) is 9.83. The van der Waals surface area contributed by atoms with Gasteiger partial charge in [-0.05, 0) is 25.2 Å². The fraction of sp³-hybridized carbons (Fsp3) is 0.143. The van der Waals surface area contributed by atoms with Crippen molar-refractivity contribution in [2.75, 3.05) is 13.6 Å². The van der Waals surface area contributed by atoms with Gasteiger partial charge in [0, 0.05) is 5.56 Å². The quantitative estimate of drug-likeness (QED) is 0.633. The van der Waals surface area contributed by atoms with Gasteiger partial charge < -0.3 is 9.73 Å². The van der Waals surface area contributed by atoms with Gasteiger partial charge in [-0.25, -0.2) is 0 Å². The molecule has 0 unspecified atom stereocenters. The summed E-state index contributed by atoms with van der Waals surface area (Å²) in [6.45, 7) is 0.570. The lowest BCUT2D eigenvalue weighted by Crippen LogP contribution is -2.07. The summed E-state index contributed by atoms with van der Waals surface area (Å²) in [5.74, 6) is 5.82. The Balaban J connectivity index is 2.57. The van der Waals surface area contributed by atoms with Gasteiger partial charge in [0.1, 0.15) is 11.8 Å². The number of aldehydes is 1. The molecule has 0 aliphatic heterocycles. The van der Waals surface area contributed by atoms with E-state index in [2.05, 4.69) is 17.2 Å². The molecule has 0 atom stereocenters. The van der Waals surface area contributed by atoms with Crippen LogP contribution in [0.5, 0.6) is 0 Å². The molecule has 0 bridgehead atoms. The van der Waals surface area contributed by atoms with Crippen molar-refractivity contribution in [3.63, 3.8) is 0 Å². The van der Waals surface area contributed by atoms with E-state index in [1.807, 2.05) is 0 Å². The Morgan fingerprint density at radius 1 is 1.44 bits per heavy atom. The van der Waals surface area contributed by atoms with Crippen LogP contribution in [0.4, 0.5) is 0 Å². The van der Waals surface area contributed by atoms with Gasteiger partial charge in [0.15, 0.2) is 6.29 Å². The van der Waals surface area contributed by atoms with Crippen LogP contribution in [0.2, 0.25) is 0 Å². The summed E-state index contributed by atoms with van der Waals surface area (Å²) < 4.78 is 5.20. The fourth-order valence-corrected chi connectivity index (χ4v) is 1.54. The van der Waals surface area contributed by atoms with Crippen LogP contribution in [0.25, 0.3) is 11.0 Å². The first kappa shape index (κ1) is 12.1. The highest BCUT2D eigenvalue weighted by Gasteiger charge is 2.06. The first-order chi connectivity index (χ1) is 8.76. The van der Waals surface area contributed by atoms with Gasteiger partial charge in [0.25, 0.3) is 0 Å². The Kier molecular flexibility index (Phi) is 3.56. The summed E-state index contributed by atoms with van der Waals surface area (Å²) in [6.07, 6.45) is 1.66. The number of carbonyl (C=O) groups is 1. The zero-order valence-corrected chi connectivity index (χ0v) is 9.82. The Labute approximate surface area is 104 Å². The van der Waals surface area contributed by atoms with Gasteiger partial charge in [-0.2, -0.15) is 0 Å². The monoisotopic (exact) mass is 241 g/mol. The minimum atomic E-state index is -0.330. The summed E-state index contributed by atoms with van der Waals surface area (Å²) in [7, 11) is 1.81. The number of fused-ring (bicyclic) bond motifs is 1. The van der Waals surface area contributed by atoms with Crippen LogP contribution in [0.3, 0.4) is 0 Å². The minimum Gasteiger partial charge on any atom is -0.463 e. The topological polar surface area (TPSA) is 59.3 Å². The third-order valence-corrected chi connectivity index (χ3v) is 2.42. The third kappa shape index (κ3) is 2.31. The van der Waals surface area contributed by atoms with Gasteiger partial charge in [-0.1, -0.05) is 11.8 Å². The van der Waals surface area contributed by atoms with Crippen molar-refractivity contribution in [3.05, 3.63) is 45.8 Å². The Bertz CT molecular complexity index is 704. The molecule has 0 radical (unpaired) electrons. The van der Waals surface area contributed by atoms with Crippen molar-refractivity contribution in [2.24, 2.45) is 0 Å². The lowest BCUT2D eigenvalue weighted by Gasteiger charge is -1.98. The maximum atomic E-state index is 11.9. The van der Waals surface area contributed by atoms with Gasteiger partial charge in [0.05, 0.1) is 17.5 Å². The predicted molar refractivity (Wildman–Crippen MR) is 68.7 cm³/mol. The highest BCUT2D eigenvalue weighted by molar-refractivity contribution is 5.84. The predicted octanol–water partition coefficient (Wildman–Crippen LogP) is 1.18. The molecule has 0 aliphatic carbocycles. The van der Waals surface area contributed by atoms with Crippen LogP contribution in [-0.4, -0.2) is 19.9 Å². The van der Waals surface area contributed by atoms with Crippen molar-refractivity contribution in [3.8, 4) is 11.8 Å². The molecule has 0 saturated heterocycles. The number of nitrogens with one attached hydrogen (secondary N) is 1. The van der Waals surface area contributed by atoms with E-state index in [1.165, 1.54) is 6.26 Å². The largest absolute Gasteiger partial charge is 0.463 e. The standard InChI is InChI=1S/C14H11NO3/c1-15-6-2-3-10-4-5-13-12(7-10)14(17)11(8-16)9-18-13/h4-5,7-9,15H,6H2,1H3. The highest BCUT2D eigenvalue weighted by atomic mass is 16.3. The van der Waals surface area contributed by atoms with Crippen molar-refractivity contribution in [2.45, 2.75) is 0 Å². The number of hydrogen-bond acceptors (Lipinski definition) is 4. The van der Waals surface area contributed by atoms with E-state index in [1.54, 1.807) is 25.2 Å². The highest BCUT2D eigenvalue weighted by Crippen LogP contribution is 2.12. The smallest absolute Gasteiger partial charge is 0.203 e. The van der Waals surface area contributed by atoms with Gasteiger partial charge in [0.2, 0.25) is 5.43 Å². The van der Waals surface area contributed by atoms with E-state index in [4.69, 9.17) is 4.42 Å². The molecule has 4 heteroatoms. The molecule has 0 fully saturated rings. The average Bonchev–Trinajstić information content (AvgIpc) is 2.40. The van der Waals surface area contributed by atoms with Crippen LogP contribution in [0.15, 0.2) is 33.7 Å². The van der Waals surface area contributed by atoms with Crippen LogP contribution in [0, 0.1) is 11.8 Å². The minimum absolute atomic E-state index is 0.0165. The van der Waals surface area contributed by atoms with E-state index in [-0.39, 0.29) is 11.0 Å². The lowest BCUT2D eigenvalue weighted by atomic mass is 10.1. The molecule has 90 valence electrons. The molecule has 0 saturated carbocycles. The summed E-state index contributed by atoms with van der Waals surface area (Å²) in [5, 5.41) is 3.28. The second kappa shape index (κ2) is 5.30. The maximum Gasteiger partial charge on any atom is 0.203 e. The molecule has 18 heavy (non-hydrogen) atoms. The summed E-state index contributed by atoms with van der Waals surface area (Å²) in [4.78, 5) is 22.6. The molecule has 1 heterocycles. The molecule has 0 aliphatic rings. The summed E-state index contributed by atoms with van der Waals surface area (Å²) in [5.41, 5.74) is 0.851. The zero-order valence-electron chi connectivity index (χ0n) is 9.82. The van der Waals surface area contributed by atoms with E-state index in [0.717, 1.165) is 0 Å². The lowest BCUT2D eigenvalue weighted by molar-refractivity contribution is 0.112. The van der Waals surface area contributed by atoms with Gasteiger partial charge in [-0.15, -0.1) is 0 Å². The third-order valence-electron chi connectivity index (χ3n) is 2.42. The molecule has 1 aromatic carbocycles. The number of carbonyl (C=O) groups excluding carboxylic acids is 1. The van der Waals surface area contributed by atoms with E-state index in [0.29, 0.717) is 29.4 Å². The molecule has 2 rings (SSSR count). The van der Waals surface area contributed by atoms with Crippen LogP contribution in [-0.2, 0) is 0 Å². The molecule has 1 N–H and O–H groups in total. The van der Waals surface area contributed by atoms with E-state index >= 15 is 0 Å². The number of hydrogen-bond donors (Lipinski definition) is 1. The van der Waals surface area contributed by atoms with E-state index in [9.17, 15) is 9.59 Å². The molecule has 2 aromatic rings.